The summed E-state index contributed by atoms with van der Waals surface area (Å²) in [4.78, 5) is 0. The highest BCUT2D eigenvalue weighted by Crippen LogP contribution is 2.22. The van der Waals surface area contributed by atoms with Crippen LogP contribution in [0.3, 0.4) is 0 Å². The second-order valence-electron chi connectivity index (χ2n) is 4.12. The van der Waals surface area contributed by atoms with E-state index in [2.05, 4.69) is 27.7 Å². The van der Waals surface area contributed by atoms with Gasteiger partial charge in [-0.15, -0.1) is 0 Å². The Bertz CT molecular complexity index is 106. The number of nitrogens with two attached hydrogens (primary N) is 1. The van der Waals surface area contributed by atoms with E-state index in [4.69, 9.17) is 5.73 Å². The lowest BCUT2D eigenvalue weighted by Crippen LogP contribution is -2.38. The van der Waals surface area contributed by atoms with Crippen LogP contribution in [-0.2, 0) is 0 Å². The lowest BCUT2D eigenvalue weighted by Gasteiger charge is -2.27. The molecular weight excluding hydrogens is 146 g/mol. The van der Waals surface area contributed by atoms with Gasteiger partial charge in [0.15, 0.2) is 0 Å². The molecule has 0 saturated heterocycles. The predicted octanol–water partition coefficient (Wildman–Crippen LogP) is 3.33. The zero-order valence-corrected chi connectivity index (χ0v) is 9.19. The van der Waals surface area contributed by atoms with Crippen LogP contribution in [0.5, 0.6) is 0 Å². The van der Waals surface area contributed by atoms with Crippen molar-refractivity contribution in [3.05, 3.63) is 0 Å². The van der Waals surface area contributed by atoms with E-state index in [1.165, 1.54) is 19.3 Å². The van der Waals surface area contributed by atoms with Gasteiger partial charge in [-0.05, 0) is 31.6 Å². The van der Waals surface area contributed by atoms with Gasteiger partial charge >= 0.3 is 0 Å². The highest BCUT2D eigenvalue weighted by molar-refractivity contribution is 4.81. The van der Waals surface area contributed by atoms with Crippen LogP contribution in [0, 0.1) is 5.92 Å². The Morgan fingerprint density at radius 1 is 1.17 bits per heavy atom. The first kappa shape index (κ1) is 12.0. The van der Waals surface area contributed by atoms with E-state index in [0.717, 1.165) is 18.8 Å². The maximum absolute atomic E-state index is 6.20. The maximum Gasteiger partial charge on any atom is 0.0149 e. The lowest BCUT2D eigenvalue weighted by atomic mass is 9.85. The highest BCUT2D eigenvalue weighted by atomic mass is 14.7. The molecule has 0 aliphatic rings. The Labute approximate surface area is 77.7 Å². The molecule has 12 heavy (non-hydrogen) atoms. The summed E-state index contributed by atoms with van der Waals surface area (Å²) < 4.78 is 0. The molecule has 1 atom stereocenters. The molecule has 0 aliphatic heterocycles. The van der Waals surface area contributed by atoms with Gasteiger partial charge in [0.05, 0.1) is 0 Å². The molecule has 0 amide bonds. The van der Waals surface area contributed by atoms with Crippen molar-refractivity contribution in [1.82, 2.24) is 0 Å². The SMILES string of the molecule is CCC(C)CCC(N)(CC)CC. The Balaban J connectivity index is 3.72. The van der Waals surface area contributed by atoms with Gasteiger partial charge in [0.2, 0.25) is 0 Å². The van der Waals surface area contributed by atoms with Crippen LogP contribution in [0.15, 0.2) is 0 Å². The summed E-state index contributed by atoms with van der Waals surface area (Å²) in [6.07, 6.45) is 5.98. The largest absolute Gasteiger partial charge is 0.325 e. The van der Waals surface area contributed by atoms with Gasteiger partial charge in [0, 0.05) is 5.54 Å². The molecule has 1 heteroatoms. The fourth-order valence-corrected chi connectivity index (χ4v) is 1.34. The Hall–Kier alpha value is -0.0400. The Morgan fingerprint density at radius 2 is 1.67 bits per heavy atom. The molecule has 0 fully saturated rings. The Morgan fingerprint density at radius 3 is 2.00 bits per heavy atom. The van der Waals surface area contributed by atoms with Crippen molar-refractivity contribution in [2.45, 2.75) is 65.3 Å². The summed E-state index contributed by atoms with van der Waals surface area (Å²) in [6, 6.07) is 0. The van der Waals surface area contributed by atoms with Crippen LogP contribution < -0.4 is 5.73 Å². The van der Waals surface area contributed by atoms with Gasteiger partial charge in [-0.3, -0.25) is 0 Å². The fourth-order valence-electron chi connectivity index (χ4n) is 1.34. The van der Waals surface area contributed by atoms with Crippen LogP contribution in [0.4, 0.5) is 0 Å². The van der Waals surface area contributed by atoms with Crippen LogP contribution in [0.2, 0.25) is 0 Å². The summed E-state index contributed by atoms with van der Waals surface area (Å²) in [7, 11) is 0. The molecule has 1 nitrogen and oxygen atoms in total. The molecular formula is C11H25N. The molecule has 0 aromatic rings. The van der Waals surface area contributed by atoms with Gasteiger partial charge in [0.25, 0.3) is 0 Å². The van der Waals surface area contributed by atoms with E-state index in [1.807, 2.05) is 0 Å². The minimum Gasteiger partial charge on any atom is -0.325 e. The minimum absolute atomic E-state index is 0.115. The number of hydrogen-bond donors (Lipinski definition) is 1. The maximum atomic E-state index is 6.20. The first-order chi connectivity index (χ1) is 5.58. The molecule has 0 aliphatic carbocycles. The topological polar surface area (TPSA) is 26.0 Å². The predicted molar refractivity (Wildman–Crippen MR) is 56.2 cm³/mol. The summed E-state index contributed by atoms with van der Waals surface area (Å²) >= 11 is 0. The van der Waals surface area contributed by atoms with Crippen LogP contribution in [0.1, 0.15) is 59.8 Å². The van der Waals surface area contributed by atoms with Crippen LogP contribution in [0.25, 0.3) is 0 Å². The zero-order valence-electron chi connectivity index (χ0n) is 9.19. The third-order valence-electron chi connectivity index (χ3n) is 3.24. The second kappa shape index (κ2) is 5.58. The van der Waals surface area contributed by atoms with Gasteiger partial charge < -0.3 is 5.73 Å². The zero-order chi connectivity index (χ0) is 9.61. The van der Waals surface area contributed by atoms with E-state index in [-0.39, 0.29) is 5.54 Å². The molecule has 0 bridgehead atoms. The van der Waals surface area contributed by atoms with Crippen molar-refractivity contribution in [2.75, 3.05) is 0 Å². The number of rotatable bonds is 6. The average molecular weight is 171 g/mol. The lowest BCUT2D eigenvalue weighted by molar-refractivity contribution is 0.326. The van der Waals surface area contributed by atoms with Crippen LogP contribution in [-0.4, -0.2) is 5.54 Å². The van der Waals surface area contributed by atoms with Gasteiger partial charge in [-0.1, -0.05) is 34.1 Å². The van der Waals surface area contributed by atoms with Crippen molar-refractivity contribution in [1.29, 1.82) is 0 Å². The van der Waals surface area contributed by atoms with Crippen molar-refractivity contribution >= 4 is 0 Å². The first-order valence-corrected chi connectivity index (χ1v) is 5.36. The molecule has 0 radical (unpaired) electrons. The molecule has 0 spiro atoms. The summed E-state index contributed by atoms with van der Waals surface area (Å²) in [5, 5.41) is 0. The fraction of sp³-hybridized carbons (Fsp3) is 1.00. The molecule has 0 heterocycles. The van der Waals surface area contributed by atoms with Crippen molar-refractivity contribution in [2.24, 2.45) is 11.7 Å². The molecule has 0 aromatic heterocycles. The normalized spacial score (nSPS) is 14.8. The van der Waals surface area contributed by atoms with E-state index in [1.54, 1.807) is 0 Å². The third-order valence-corrected chi connectivity index (χ3v) is 3.24. The van der Waals surface area contributed by atoms with Gasteiger partial charge in [-0.2, -0.15) is 0 Å². The second-order valence-corrected chi connectivity index (χ2v) is 4.12. The highest BCUT2D eigenvalue weighted by Gasteiger charge is 2.20. The van der Waals surface area contributed by atoms with E-state index < -0.39 is 0 Å². The van der Waals surface area contributed by atoms with Gasteiger partial charge in [0.1, 0.15) is 0 Å². The van der Waals surface area contributed by atoms with E-state index >= 15 is 0 Å². The van der Waals surface area contributed by atoms with Crippen molar-refractivity contribution in [3.8, 4) is 0 Å². The Kier molecular flexibility index (Phi) is 5.56. The summed E-state index contributed by atoms with van der Waals surface area (Å²) in [6.45, 7) is 8.95. The van der Waals surface area contributed by atoms with Crippen LogP contribution >= 0.6 is 0 Å². The van der Waals surface area contributed by atoms with Crippen molar-refractivity contribution < 1.29 is 0 Å². The smallest absolute Gasteiger partial charge is 0.0149 e. The average Bonchev–Trinajstić information content (AvgIpc) is 2.13. The standard InChI is InChI=1S/C11H25N/c1-5-10(4)8-9-11(12,6-2)7-3/h10H,5-9,12H2,1-4H3. The third kappa shape index (κ3) is 4.10. The summed E-state index contributed by atoms with van der Waals surface area (Å²) in [5.41, 5.74) is 6.31. The summed E-state index contributed by atoms with van der Waals surface area (Å²) in [5.74, 6) is 0.839. The van der Waals surface area contributed by atoms with E-state index in [9.17, 15) is 0 Å². The van der Waals surface area contributed by atoms with Gasteiger partial charge in [-0.25, -0.2) is 0 Å². The molecule has 74 valence electrons. The number of hydrogen-bond acceptors (Lipinski definition) is 1. The minimum atomic E-state index is 0.115. The molecule has 0 rings (SSSR count). The molecule has 0 saturated carbocycles. The van der Waals surface area contributed by atoms with E-state index in [0.29, 0.717) is 0 Å². The molecule has 1 unspecified atom stereocenters. The molecule has 0 aromatic carbocycles. The van der Waals surface area contributed by atoms with Crippen molar-refractivity contribution in [3.63, 3.8) is 0 Å². The molecule has 2 N–H and O–H groups in total. The quantitative estimate of drug-likeness (QED) is 0.652. The first-order valence-electron chi connectivity index (χ1n) is 5.36. The monoisotopic (exact) mass is 171 g/mol.